The van der Waals surface area contributed by atoms with Crippen molar-refractivity contribution in [3.8, 4) is 0 Å². The van der Waals surface area contributed by atoms with Gasteiger partial charge in [0.2, 0.25) is 0 Å². The Morgan fingerprint density at radius 2 is 1.68 bits per heavy atom. The first-order valence-corrected chi connectivity index (χ1v) is 9.04. The highest BCUT2D eigenvalue weighted by Gasteiger charge is 2.23. The number of carbonyl (C=O) groups is 1. The Kier molecular flexibility index (Phi) is 7.48. The summed E-state index contributed by atoms with van der Waals surface area (Å²) in [7, 11) is 0. The quantitative estimate of drug-likeness (QED) is 0.469. The molecule has 0 N–H and O–H groups in total. The standard InChI is InChI=1S/C20H30O2/c1-2-3-4-5-8-17-12-14-18(15-13-17)9-6-10-19-11-7-16-22-20(19)21/h12-15,19H,2-11,16H2,1H3. The van der Waals surface area contributed by atoms with Crippen molar-refractivity contribution < 1.29 is 9.53 Å². The zero-order chi connectivity index (χ0) is 15.6. The van der Waals surface area contributed by atoms with Crippen molar-refractivity contribution in [3.05, 3.63) is 35.4 Å². The van der Waals surface area contributed by atoms with Gasteiger partial charge in [-0.15, -0.1) is 0 Å². The molecule has 1 aromatic rings. The van der Waals surface area contributed by atoms with Crippen molar-refractivity contribution in [3.63, 3.8) is 0 Å². The fourth-order valence-corrected chi connectivity index (χ4v) is 3.18. The van der Waals surface area contributed by atoms with Gasteiger partial charge in [-0.25, -0.2) is 0 Å². The topological polar surface area (TPSA) is 26.3 Å². The molecule has 0 radical (unpaired) electrons. The molecule has 1 unspecified atom stereocenters. The summed E-state index contributed by atoms with van der Waals surface area (Å²) >= 11 is 0. The van der Waals surface area contributed by atoms with Crippen LogP contribution in [0.25, 0.3) is 0 Å². The van der Waals surface area contributed by atoms with E-state index >= 15 is 0 Å². The van der Waals surface area contributed by atoms with Crippen LogP contribution in [-0.4, -0.2) is 12.6 Å². The lowest BCUT2D eigenvalue weighted by atomic mass is 9.94. The monoisotopic (exact) mass is 302 g/mol. The van der Waals surface area contributed by atoms with Gasteiger partial charge in [-0.1, -0.05) is 50.5 Å². The van der Waals surface area contributed by atoms with Crippen LogP contribution in [0.1, 0.15) is 69.4 Å². The molecular formula is C20H30O2. The van der Waals surface area contributed by atoms with Gasteiger partial charge in [-0.3, -0.25) is 4.79 Å². The maximum absolute atomic E-state index is 11.6. The predicted octanol–water partition coefficient (Wildman–Crippen LogP) is 5.09. The van der Waals surface area contributed by atoms with Gasteiger partial charge in [0.05, 0.1) is 12.5 Å². The van der Waals surface area contributed by atoms with E-state index in [0.29, 0.717) is 6.61 Å². The van der Waals surface area contributed by atoms with E-state index in [-0.39, 0.29) is 11.9 Å². The van der Waals surface area contributed by atoms with Crippen molar-refractivity contribution in [2.75, 3.05) is 6.61 Å². The second-order valence-electron chi connectivity index (χ2n) is 6.53. The number of esters is 1. The Hall–Kier alpha value is -1.31. The molecular weight excluding hydrogens is 272 g/mol. The highest BCUT2D eigenvalue weighted by atomic mass is 16.5. The Morgan fingerprint density at radius 3 is 2.32 bits per heavy atom. The zero-order valence-corrected chi connectivity index (χ0v) is 14.0. The fraction of sp³-hybridized carbons (Fsp3) is 0.650. The first-order valence-electron chi connectivity index (χ1n) is 9.04. The average Bonchev–Trinajstić information content (AvgIpc) is 2.55. The molecule has 0 spiro atoms. The van der Waals surface area contributed by atoms with Gasteiger partial charge < -0.3 is 4.74 Å². The van der Waals surface area contributed by atoms with Crippen LogP contribution in [-0.2, 0) is 22.4 Å². The molecule has 2 nitrogen and oxygen atoms in total. The van der Waals surface area contributed by atoms with Crippen molar-refractivity contribution >= 4 is 5.97 Å². The second-order valence-corrected chi connectivity index (χ2v) is 6.53. The Morgan fingerprint density at radius 1 is 1.00 bits per heavy atom. The van der Waals surface area contributed by atoms with E-state index < -0.39 is 0 Å². The smallest absolute Gasteiger partial charge is 0.308 e. The van der Waals surface area contributed by atoms with E-state index in [1.165, 1.54) is 43.2 Å². The zero-order valence-electron chi connectivity index (χ0n) is 14.0. The van der Waals surface area contributed by atoms with E-state index in [2.05, 4.69) is 31.2 Å². The molecule has 1 atom stereocenters. The van der Waals surface area contributed by atoms with Crippen LogP contribution in [0, 0.1) is 5.92 Å². The minimum absolute atomic E-state index is 0.0219. The van der Waals surface area contributed by atoms with Gasteiger partial charge >= 0.3 is 5.97 Å². The molecule has 22 heavy (non-hydrogen) atoms. The minimum atomic E-state index is 0.0219. The molecule has 0 aromatic heterocycles. The minimum Gasteiger partial charge on any atom is -0.465 e. The normalized spacial score (nSPS) is 18.2. The van der Waals surface area contributed by atoms with Crippen molar-refractivity contribution in [1.82, 2.24) is 0 Å². The van der Waals surface area contributed by atoms with E-state index in [1.54, 1.807) is 0 Å². The van der Waals surface area contributed by atoms with Crippen LogP contribution in [0.5, 0.6) is 0 Å². The molecule has 1 heterocycles. The number of cyclic esters (lactones) is 1. The molecule has 1 aliphatic rings. The third kappa shape index (κ3) is 5.82. The Balaban J connectivity index is 1.66. The molecule has 1 saturated heterocycles. The van der Waals surface area contributed by atoms with Crippen molar-refractivity contribution in [1.29, 1.82) is 0 Å². The largest absolute Gasteiger partial charge is 0.465 e. The van der Waals surface area contributed by atoms with Gasteiger partial charge in [0.25, 0.3) is 0 Å². The lowest BCUT2D eigenvalue weighted by Crippen LogP contribution is -2.24. The number of carbonyl (C=O) groups excluding carboxylic acids is 1. The molecule has 1 fully saturated rings. The molecule has 2 rings (SSSR count). The summed E-state index contributed by atoms with van der Waals surface area (Å²) in [5.41, 5.74) is 2.84. The molecule has 0 aliphatic carbocycles. The highest BCUT2D eigenvalue weighted by molar-refractivity contribution is 5.72. The van der Waals surface area contributed by atoms with Gasteiger partial charge in [0.15, 0.2) is 0 Å². The van der Waals surface area contributed by atoms with Gasteiger partial charge in [0.1, 0.15) is 0 Å². The molecule has 1 aromatic carbocycles. The summed E-state index contributed by atoms with van der Waals surface area (Å²) in [6.07, 6.45) is 11.7. The maximum Gasteiger partial charge on any atom is 0.308 e. The highest BCUT2D eigenvalue weighted by Crippen LogP contribution is 2.21. The number of aryl methyl sites for hydroxylation is 2. The van der Waals surface area contributed by atoms with Crippen molar-refractivity contribution in [2.24, 2.45) is 5.92 Å². The number of benzene rings is 1. The van der Waals surface area contributed by atoms with E-state index in [0.717, 1.165) is 32.1 Å². The lowest BCUT2D eigenvalue weighted by molar-refractivity contribution is -0.153. The number of ether oxygens (including phenoxy) is 1. The summed E-state index contributed by atoms with van der Waals surface area (Å²) in [6.45, 7) is 2.87. The van der Waals surface area contributed by atoms with Gasteiger partial charge in [0, 0.05) is 0 Å². The van der Waals surface area contributed by atoms with E-state index in [4.69, 9.17) is 4.74 Å². The molecule has 0 saturated carbocycles. The average molecular weight is 302 g/mol. The summed E-state index contributed by atoms with van der Waals surface area (Å²) in [5, 5.41) is 0. The number of unbranched alkanes of at least 4 members (excludes halogenated alkanes) is 3. The summed E-state index contributed by atoms with van der Waals surface area (Å²) in [5.74, 6) is 0.167. The first-order chi connectivity index (χ1) is 10.8. The SMILES string of the molecule is CCCCCCc1ccc(CCCC2CCCOC2=O)cc1. The molecule has 0 bridgehead atoms. The van der Waals surface area contributed by atoms with Gasteiger partial charge in [-0.05, 0) is 56.1 Å². The van der Waals surface area contributed by atoms with Crippen LogP contribution in [0.15, 0.2) is 24.3 Å². The van der Waals surface area contributed by atoms with Crippen molar-refractivity contribution in [2.45, 2.75) is 71.1 Å². The maximum atomic E-state index is 11.6. The first kappa shape index (κ1) is 17.1. The number of hydrogen-bond donors (Lipinski definition) is 0. The Bertz CT molecular complexity index is 436. The van der Waals surface area contributed by atoms with Crippen LogP contribution in [0.3, 0.4) is 0 Å². The van der Waals surface area contributed by atoms with Gasteiger partial charge in [-0.2, -0.15) is 0 Å². The Labute approximate surface area is 135 Å². The number of rotatable bonds is 9. The lowest BCUT2D eigenvalue weighted by Gasteiger charge is -2.20. The van der Waals surface area contributed by atoms with Crippen LogP contribution < -0.4 is 0 Å². The van der Waals surface area contributed by atoms with Crippen LogP contribution >= 0.6 is 0 Å². The molecule has 122 valence electrons. The number of hydrogen-bond acceptors (Lipinski definition) is 2. The molecule has 1 aliphatic heterocycles. The van der Waals surface area contributed by atoms with Crippen LogP contribution in [0.4, 0.5) is 0 Å². The summed E-state index contributed by atoms with van der Waals surface area (Å²) in [4.78, 5) is 11.6. The summed E-state index contributed by atoms with van der Waals surface area (Å²) < 4.78 is 5.12. The van der Waals surface area contributed by atoms with Crippen LogP contribution in [0.2, 0.25) is 0 Å². The third-order valence-corrected chi connectivity index (χ3v) is 4.63. The fourth-order valence-electron chi connectivity index (χ4n) is 3.18. The second kappa shape index (κ2) is 9.66. The third-order valence-electron chi connectivity index (χ3n) is 4.63. The molecule has 0 amide bonds. The molecule has 2 heteroatoms. The predicted molar refractivity (Wildman–Crippen MR) is 90.9 cm³/mol. The van der Waals surface area contributed by atoms with E-state index in [9.17, 15) is 4.79 Å². The van der Waals surface area contributed by atoms with E-state index in [1.807, 2.05) is 0 Å². The summed E-state index contributed by atoms with van der Waals surface area (Å²) in [6, 6.07) is 9.06.